The number of hydrogen-bond donors (Lipinski definition) is 1. The molecule has 0 spiro atoms. The molecule has 1 heterocycles. The highest BCUT2D eigenvalue weighted by Gasteiger charge is 2.20. The zero-order chi connectivity index (χ0) is 11.7. The lowest BCUT2D eigenvalue weighted by molar-refractivity contribution is 0.568. The third kappa shape index (κ3) is 2.08. The predicted octanol–water partition coefficient (Wildman–Crippen LogP) is 3.58. The van der Waals surface area contributed by atoms with Crippen molar-refractivity contribution in [3.63, 3.8) is 0 Å². The smallest absolute Gasteiger partial charge is 0.0580 e. The molecule has 1 aliphatic heterocycles. The molecule has 0 bridgehead atoms. The van der Waals surface area contributed by atoms with Gasteiger partial charge in [-0.25, -0.2) is 0 Å². The second-order valence-electron chi connectivity index (χ2n) is 4.39. The first-order chi connectivity index (χ1) is 8.34. The van der Waals surface area contributed by atoms with Crippen molar-refractivity contribution in [1.29, 1.82) is 0 Å². The zero-order valence-corrected chi connectivity index (χ0v) is 10.2. The predicted molar refractivity (Wildman–Crippen MR) is 71.4 cm³/mol. The molecule has 0 aliphatic carbocycles. The first-order valence-corrected chi connectivity index (χ1v) is 6.29. The van der Waals surface area contributed by atoms with Gasteiger partial charge in [-0.15, -0.1) is 0 Å². The maximum absolute atomic E-state index is 6.06. The fraction of sp³-hybridized carbons (Fsp3) is 0.200. The summed E-state index contributed by atoms with van der Waals surface area (Å²) in [6.07, 6.45) is 1.10. The van der Waals surface area contributed by atoms with Gasteiger partial charge in [0.05, 0.1) is 6.04 Å². The maximum Gasteiger partial charge on any atom is 0.0580 e. The van der Waals surface area contributed by atoms with Gasteiger partial charge >= 0.3 is 0 Å². The van der Waals surface area contributed by atoms with Gasteiger partial charge in [-0.3, -0.25) is 0 Å². The monoisotopic (exact) mass is 243 g/mol. The van der Waals surface area contributed by atoms with E-state index in [-0.39, 0.29) is 6.04 Å². The first kappa shape index (κ1) is 10.8. The summed E-state index contributed by atoms with van der Waals surface area (Å²) in [5.74, 6) is 0. The minimum absolute atomic E-state index is 0.277. The van der Waals surface area contributed by atoms with Crippen molar-refractivity contribution in [2.75, 3.05) is 6.54 Å². The van der Waals surface area contributed by atoms with Gasteiger partial charge in [-0.05, 0) is 35.2 Å². The van der Waals surface area contributed by atoms with Gasteiger partial charge < -0.3 is 5.32 Å². The molecule has 3 rings (SSSR count). The topological polar surface area (TPSA) is 12.0 Å². The van der Waals surface area contributed by atoms with Crippen LogP contribution in [-0.4, -0.2) is 6.54 Å². The van der Waals surface area contributed by atoms with Gasteiger partial charge in [0.2, 0.25) is 0 Å². The highest BCUT2D eigenvalue weighted by Crippen LogP contribution is 2.29. The Balaban J connectivity index is 2.06. The largest absolute Gasteiger partial charge is 0.306 e. The Hall–Kier alpha value is -1.31. The fourth-order valence-electron chi connectivity index (χ4n) is 2.49. The van der Waals surface area contributed by atoms with Crippen LogP contribution < -0.4 is 5.32 Å². The van der Waals surface area contributed by atoms with Crippen molar-refractivity contribution in [2.45, 2.75) is 12.5 Å². The van der Waals surface area contributed by atoms with Gasteiger partial charge in [-0.1, -0.05) is 48.0 Å². The van der Waals surface area contributed by atoms with E-state index in [9.17, 15) is 0 Å². The van der Waals surface area contributed by atoms with Crippen molar-refractivity contribution in [1.82, 2.24) is 5.32 Å². The third-order valence-corrected chi connectivity index (χ3v) is 3.53. The molecule has 1 N–H and O–H groups in total. The van der Waals surface area contributed by atoms with Crippen LogP contribution in [0, 0.1) is 0 Å². The van der Waals surface area contributed by atoms with Gasteiger partial charge in [0.15, 0.2) is 0 Å². The lowest BCUT2D eigenvalue weighted by atomic mass is 9.90. The Morgan fingerprint density at radius 1 is 1.06 bits per heavy atom. The Morgan fingerprint density at radius 3 is 2.82 bits per heavy atom. The highest BCUT2D eigenvalue weighted by atomic mass is 35.5. The summed E-state index contributed by atoms with van der Waals surface area (Å²) in [6, 6.07) is 17.0. The maximum atomic E-state index is 6.06. The van der Waals surface area contributed by atoms with Gasteiger partial charge in [0.1, 0.15) is 0 Å². The Bertz CT molecular complexity index is 536. The molecule has 86 valence electrons. The summed E-state index contributed by atoms with van der Waals surface area (Å²) < 4.78 is 0. The summed E-state index contributed by atoms with van der Waals surface area (Å²) in [5, 5.41) is 4.36. The molecule has 0 aromatic heterocycles. The molecular formula is C15H14ClN. The summed E-state index contributed by atoms with van der Waals surface area (Å²) in [7, 11) is 0. The molecule has 2 heteroatoms. The summed E-state index contributed by atoms with van der Waals surface area (Å²) >= 11 is 6.06. The van der Waals surface area contributed by atoms with E-state index in [1.807, 2.05) is 18.2 Å². The second kappa shape index (κ2) is 4.52. The molecule has 0 amide bonds. The highest BCUT2D eigenvalue weighted by molar-refractivity contribution is 6.30. The molecule has 0 saturated carbocycles. The van der Waals surface area contributed by atoms with Crippen LogP contribution in [0.25, 0.3) is 0 Å². The van der Waals surface area contributed by atoms with Crippen molar-refractivity contribution in [3.8, 4) is 0 Å². The quantitative estimate of drug-likeness (QED) is 0.808. The second-order valence-corrected chi connectivity index (χ2v) is 4.83. The summed E-state index contributed by atoms with van der Waals surface area (Å²) in [5.41, 5.74) is 4.06. The van der Waals surface area contributed by atoms with Crippen LogP contribution >= 0.6 is 11.6 Å². The lowest BCUT2D eigenvalue weighted by Gasteiger charge is -2.27. The van der Waals surface area contributed by atoms with Crippen molar-refractivity contribution < 1.29 is 0 Å². The molecule has 1 aliphatic rings. The Labute approximate surface area is 106 Å². The van der Waals surface area contributed by atoms with Gasteiger partial charge in [0, 0.05) is 11.6 Å². The molecule has 0 saturated heterocycles. The molecule has 0 fully saturated rings. The minimum atomic E-state index is 0.277. The molecular weight excluding hydrogens is 230 g/mol. The van der Waals surface area contributed by atoms with E-state index >= 15 is 0 Å². The standard InChI is InChI=1S/C15H14ClN/c16-13-6-3-5-12(10-13)15-14-7-2-1-4-11(14)8-9-17-15/h1-7,10,15,17H,8-9H2/t15-/m1/s1. The average Bonchev–Trinajstić information content (AvgIpc) is 2.38. The van der Waals surface area contributed by atoms with E-state index in [1.165, 1.54) is 16.7 Å². The van der Waals surface area contributed by atoms with E-state index in [0.29, 0.717) is 0 Å². The summed E-state index contributed by atoms with van der Waals surface area (Å²) in [4.78, 5) is 0. The van der Waals surface area contributed by atoms with Crippen molar-refractivity contribution in [3.05, 3.63) is 70.2 Å². The first-order valence-electron chi connectivity index (χ1n) is 5.91. The van der Waals surface area contributed by atoms with Crippen molar-refractivity contribution in [2.24, 2.45) is 0 Å². The number of nitrogens with one attached hydrogen (secondary N) is 1. The fourth-order valence-corrected chi connectivity index (χ4v) is 2.69. The van der Waals surface area contributed by atoms with E-state index < -0.39 is 0 Å². The third-order valence-electron chi connectivity index (χ3n) is 3.29. The van der Waals surface area contributed by atoms with E-state index in [0.717, 1.165) is 18.0 Å². The Kier molecular flexibility index (Phi) is 2.87. The van der Waals surface area contributed by atoms with Crippen LogP contribution in [0.1, 0.15) is 22.7 Å². The molecule has 1 atom stereocenters. The van der Waals surface area contributed by atoms with E-state index in [2.05, 4.69) is 35.6 Å². The molecule has 17 heavy (non-hydrogen) atoms. The van der Waals surface area contributed by atoms with Crippen LogP contribution in [0.2, 0.25) is 5.02 Å². The molecule has 0 radical (unpaired) electrons. The number of benzene rings is 2. The Morgan fingerprint density at radius 2 is 1.94 bits per heavy atom. The van der Waals surface area contributed by atoms with Crippen LogP contribution in [0.4, 0.5) is 0 Å². The lowest BCUT2D eigenvalue weighted by Crippen LogP contribution is -2.30. The summed E-state index contributed by atoms with van der Waals surface area (Å²) in [6.45, 7) is 1.02. The number of hydrogen-bond acceptors (Lipinski definition) is 1. The molecule has 0 unspecified atom stereocenters. The van der Waals surface area contributed by atoms with Gasteiger partial charge in [-0.2, -0.15) is 0 Å². The van der Waals surface area contributed by atoms with E-state index in [1.54, 1.807) is 0 Å². The zero-order valence-electron chi connectivity index (χ0n) is 9.49. The van der Waals surface area contributed by atoms with Crippen LogP contribution in [0.15, 0.2) is 48.5 Å². The number of fused-ring (bicyclic) bond motifs is 1. The average molecular weight is 244 g/mol. The van der Waals surface area contributed by atoms with E-state index in [4.69, 9.17) is 11.6 Å². The van der Waals surface area contributed by atoms with Crippen molar-refractivity contribution >= 4 is 11.6 Å². The van der Waals surface area contributed by atoms with Crippen LogP contribution in [-0.2, 0) is 6.42 Å². The van der Waals surface area contributed by atoms with Gasteiger partial charge in [0.25, 0.3) is 0 Å². The van der Waals surface area contributed by atoms with Crippen LogP contribution in [0.5, 0.6) is 0 Å². The normalized spacial score (nSPS) is 18.8. The molecule has 2 aromatic carbocycles. The molecule has 1 nitrogen and oxygen atoms in total. The number of halogens is 1. The SMILES string of the molecule is Clc1cccc([C@H]2NCCc3ccccc32)c1. The minimum Gasteiger partial charge on any atom is -0.306 e. The number of rotatable bonds is 1. The van der Waals surface area contributed by atoms with Crippen LogP contribution in [0.3, 0.4) is 0 Å². The molecule has 2 aromatic rings.